The third kappa shape index (κ3) is 4.01. The summed E-state index contributed by atoms with van der Waals surface area (Å²) in [5.41, 5.74) is 1.54. The molecule has 0 unspecified atom stereocenters. The number of hydrogen-bond acceptors (Lipinski definition) is 5. The van der Waals surface area contributed by atoms with Crippen molar-refractivity contribution in [2.45, 2.75) is 11.7 Å². The summed E-state index contributed by atoms with van der Waals surface area (Å²) in [6.07, 6.45) is 0. The number of carbonyl (C=O) groups excluding carboxylic acids is 1. The van der Waals surface area contributed by atoms with Gasteiger partial charge in [0.25, 0.3) is 0 Å². The summed E-state index contributed by atoms with van der Waals surface area (Å²) >= 11 is 7.27. The van der Waals surface area contributed by atoms with Gasteiger partial charge >= 0.3 is 0 Å². The van der Waals surface area contributed by atoms with Crippen LogP contribution in [-0.2, 0) is 11.3 Å². The summed E-state index contributed by atoms with van der Waals surface area (Å²) in [5, 5.41) is 12.3. The Balaban J connectivity index is 1.66. The molecule has 2 aromatic carbocycles. The van der Waals surface area contributed by atoms with Crippen molar-refractivity contribution in [2.24, 2.45) is 0 Å². The number of carboxylic acid groups (broad SMARTS) is 1. The Morgan fingerprint density at radius 2 is 1.96 bits per heavy atom. The third-order valence-corrected chi connectivity index (χ3v) is 4.50. The van der Waals surface area contributed by atoms with E-state index in [1.807, 2.05) is 24.3 Å². The Hall–Kier alpha value is -2.18. The lowest BCUT2D eigenvalue weighted by atomic mass is 10.3. The molecule has 0 aliphatic heterocycles. The summed E-state index contributed by atoms with van der Waals surface area (Å²) in [7, 11) is 0. The van der Waals surface area contributed by atoms with Gasteiger partial charge < -0.3 is 19.2 Å². The highest BCUT2D eigenvalue weighted by Gasteiger charge is 2.11. The molecule has 1 heterocycles. The van der Waals surface area contributed by atoms with Gasteiger partial charge in [-0.1, -0.05) is 35.5 Å². The minimum absolute atomic E-state index is 0.221. The summed E-state index contributed by atoms with van der Waals surface area (Å²) < 4.78 is 7.28. The highest BCUT2D eigenvalue weighted by molar-refractivity contribution is 7.99. The van der Waals surface area contributed by atoms with Crippen LogP contribution in [0, 0.1) is 0 Å². The Labute approximate surface area is 148 Å². The molecule has 0 aliphatic rings. The first-order valence-corrected chi connectivity index (χ1v) is 8.66. The fraction of sp³-hybridized carbons (Fsp3) is 0.176. The number of benzene rings is 2. The van der Waals surface area contributed by atoms with Crippen molar-refractivity contribution < 1.29 is 14.6 Å². The summed E-state index contributed by atoms with van der Waals surface area (Å²) in [5.74, 6) is 0.236. The largest absolute Gasteiger partial charge is 0.548 e. The van der Waals surface area contributed by atoms with E-state index in [4.69, 9.17) is 16.3 Å². The molecular weight excluding hydrogens is 348 g/mol. The maximum Gasteiger partial charge on any atom is 0.169 e. The van der Waals surface area contributed by atoms with E-state index in [0.29, 0.717) is 22.5 Å². The Kier molecular flexibility index (Phi) is 5.27. The first-order chi connectivity index (χ1) is 11.6. The fourth-order valence-electron chi connectivity index (χ4n) is 2.27. The van der Waals surface area contributed by atoms with Gasteiger partial charge in [0.05, 0.1) is 30.2 Å². The highest BCUT2D eigenvalue weighted by atomic mass is 35.5. The lowest BCUT2D eigenvalue weighted by molar-refractivity contribution is -0.306. The second kappa shape index (κ2) is 7.59. The normalized spacial score (nSPS) is 10.9. The van der Waals surface area contributed by atoms with Crippen molar-refractivity contribution in [1.82, 2.24) is 9.55 Å². The first kappa shape index (κ1) is 16.7. The van der Waals surface area contributed by atoms with Gasteiger partial charge in [-0.05, 0) is 36.4 Å². The first-order valence-electron chi connectivity index (χ1n) is 7.30. The monoisotopic (exact) mass is 361 g/mol. The molecule has 3 rings (SSSR count). The lowest BCUT2D eigenvalue weighted by Gasteiger charge is -2.10. The van der Waals surface area contributed by atoms with Crippen LogP contribution in [0.5, 0.6) is 5.75 Å². The van der Waals surface area contributed by atoms with Crippen LogP contribution in [0.4, 0.5) is 0 Å². The molecule has 0 saturated carbocycles. The number of ether oxygens (including phenoxy) is 1. The number of hydrogen-bond donors (Lipinski definition) is 0. The molecule has 0 radical (unpaired) electrons. The molecule has 124 valence electrons. The molecule has 0 saturated heterocycles. The molecule has 3 aromatic rings. The van der Waals surface area contributed by atoms with Crippen LogP contribution >= 0.6 is 23.4 Å². The average Bonchev–Trinajstić information content (AvgIpc) is 2.91. The number of nitrogens with zero attached hydrogens (tertiary/aromatic N) is 2. The maximum absolute atomic E-state index is 11.0. The Morgan fingerprint density at radius 1 is 1.21 bits per heavy atom. The molecule has 0 bridgehead atoms. The number of imidazole rings is 1. The van der Waals surface area contributed by atoms with E-state index in [-0.39, 0.29) is 6.54 Å². The summed E-state index contributed by atoms with van der Waals surface area (Å²) in [6.45, 7) is 0.252. The lowest BCUT2D eigenvalue weighted by Crippen LogP contribution is -2.27. The molecular formula is C17H14ClN2O3S-. The molecule has 1 aromatic heterocycles. The number of aliphatic carboxylic acids is 1. The predicted octanol–water partition coefficient (Wildman–Crippen LogP) is 2.61. The van der Waals surface area contributed by atoms with Crippen LogP contribution in [-0.4, -0.2) is 27.9 Å². The number of halogens is 1. The van der Waals surface area contributed by atoms with Gasteiger partial charge in [-0.15, -0.1) is 0 Å². The third-order valence-electron chi connectivity index (χ3n) is 3.30. The van der Waals surface area contributed by atoms with Gasteiger partial charge in [0.15, 0.2) is 5.16 Å². The number of rotatable bonds is 7. The van der Waals surface area contributed by atoms with Crippen LogP contribution in [0.25, 0.3) is 11.0 Å². The number of fused-ring (bicyclic) bond motifs is 1. The summed E-state index contributed by atoms with van der Waals surface area (Å²) in [6, 6.07) is 14.6. The number of aromatic nitrogens is 2. The van der Waals surface area contributed by atoms with Crippen LogP contribution in [0.1, 0.15) is 0 Å². The second-order valence-electron chi connectivity index (χ2n) is 4.99. The van der Waals surface area contributed by atoms with Gasteiger partial charge in [-0.25, -0.2) is 4.98 Å². The van der Waals surface area contributed by atoms with Crippen molar-refractivity contribution in [3.63, 3.8) is 0 Å². The van der Waals surface area contributed by atoms with Crippen molar-refractivity contribution in [2.75, 3.05) is 12.4 Å². The zero-order chi connectivity index (χ0) is 16.9. The smallest absolute Gasteiger partial charge is 0.169 e. The second-order valence-corrected chi connectivity index (χ2v) is 6.49. The van der Waals surface area contributed by atoms with Crippen LogP contribution < -0.4 is 9.84 Å². The predicted molar refractivity (Wildman–Crippen MR) is 92.4 cm³/mol. The van der Waals surface area contributed by atoms with E-state index >= 15 is 0 Å². The minimum atomic E-state index is -1.14. The zero-order valence-corrected chi connectivity index (χ0v) is 14.2. The van der Waals surface area contributed by atoms with Crippen molar-refractivity contribution >= 4 is 40.4 Å². The maximum atomic E-state index is 11.0. The molecule has 0 fully saturated rings. The van der Waals surface area contributed by atoms with Crippen LogP contribution in [0.3, 0.4) is 0 Å². The highest BCUT2D eigenvalue weighted by Crippen LogP contribution is 2.24. The molecule has 0 N–H and O–H groups in total. The van der Waals surface area contributed by atoms with E-state index in [2.05, 4.69) is 4.98 Å². The molecule has 24 heavy (non-hydrogen) atoms. The van der Waals surface area contributed by atoms with Gasteiger partial charge in [-0.2, -0.15) is 0 Å². The average molecular weight is 362 g/mol. The van der Waals surface area contributed by atoms with Crippen molar-refractivity contribution in [1.29, 1.82) is 0 Å². The molecule has 7 heteroatoms. The molecule has 0 amide bonds. The van der Waals surface area contributed by atoms with E-state index in [1.54, 1.807) is 28.8 Å². The van der Waals surface area contributed by atoms with Gasteiger partial charge in [0.2, 0.25) is 0 Å². The van der Waals surface area contributed by atoms with E-state index in [1.165, 1.54) is 11.8 Å². The summed E-state index contributed by atoms with van der Waals surface area (Å²) in [4.78, 5) is 15.5. The fourth-order valence-corrected chi connectivity index (χ4v) is 3.23. The van der Waals surface area contributed by atoms with Crippen LogP contribution in [0.15, 0.2) is 53.7 Å². The van der Waals surface area contributed by atoms with Crippen molar-refractivity contribution in [3.05, 3.63) is 53.6 Å². The topological polar surface area (TPSA) is 67.2 Å². The van der Waals surface area contributed by atoms with E-state index < -0.39 is 5.97 Å². The number of thioether (sulfide) groups is 1. The zero-order valence-electron chi connectivity index (χ0n) is 12.6. The quantitative estimate of drug-likeness (QED) is 0.478. The Morgan fingerprint density at radius 3 is 2.71 bits per heavy atom. The van der Waals surface area contributed by atoms with E-state index in [0.717, 1.165) is 16.8 Å². The number of carboxylic acids is 1. The standard InChI is InChI=1S/C17H15ClN2O3S/c18-12-5-7-13(8-6-12)23-9-10-24-17-19-14-3-1-2-4-15(14)20(17)11-16(21)22/h1-8H,9-11H2,(H,21,22)/p-1. The Bertz CT molecular complexity index is 849. The molecule has 0 aliphatic carbocycles. The van der Waals surface area contributed by atoms with Crippen molar-refractivity contribution in [3.8, 4) is 5.75 Å². The number of carbonyl (C=O) groups is 1. The molecule has 5 nitrogen and oxygen atoms in total. The molecule has 0 spiro atoms. The number of para-hydroxylation sites is 2. The molecule has 0 atom stereocenters. The van der Waals surface area contributed by atoms with Gasteiger partial charge in [0, 0.05) is 10.8 Å². The van der Waals surface area contributed by atoms with Gasteiger partial charge in [0.1, 0.15) is 5.75 Å². The SMILES string of the molecule is O=C([O-])Cn1c(SCCOc2ccc(Cl)cc2)nc2ccccc21. The minimum Gasteiger partial charge on any atom is -0.548 e. The van der Waals surface area contributed by atoms with E-state index in [9.17, 15) is 9.90 Å². The van der Waals surface area contributed by atoms with Crippen LogP contribution in [0.2, 0.25) is 5.02 Å². The van der Waals surface area contributed by atoms with Gasteiger partial charge in [-0.3, -0.25) is 0 Å².